The molecule has 0 saturated carbocycles. The number of thiazole rings is 1. The molecule has 0 bridgehead atoms. The van der Waals surface area contributed by atoms with Crippen LogP contribution in [0.4, 0.5) is 16.2 Å². The molecule has 2 N–H and O–H groups in total. The highest BCUT2D eigenvalue weighted by Crippen LogP contribution is 2.31. The molecule has 0 fully saturated rings. The van der Waals surface area contributed by atoms with Crippen LogP contribution in [0.5, 0.6) is 0 Å². The fourth-order valence-electron chi connectivity index (χ4n) is 2.10. The van der Waals surface area contributed by atoms with Crippen molar-refractivity contribution in [3.05, 3.63) is 39.3 Å². The minimum atomic E-state index is -0.0902. The SMILES string of the molecule is CN1Cc2cccc(NCc3cnc(Cl)s3)c2NC1=O. The Morgan fingerprint density at radius 3 is 3.15 bits per heavy atom. The first-order valence-electron chi connectivity index (χ1n) is 6.11. The molecule has 1 aromatic heterocycles. The van der Waals surface area contributed by atoms with E-state index in [0.717, 1.165) is 21.8 Å². The number of benzene rings is 1. The summed E-state index contributed by atoms with van der Waals surface area (Å²) >= 11 is 7.25. The van der Waals surface area contributed by atoms with Gasteiger partial charge in [-0.25, -0.2) is 9.78 Å². The normalized spacial score (nSPS) is 13.9. The summed E-state index contributed by atoms with van der Waals surface area (Å²) < 4.78 is 0.534. The van der Waals surface area contributed by atoms with Crippen molar-refractivity contribution in [2.75, 3.05) is 17.7 Å². The number of aromatic nitrogens is 1. The molecule has 0 spiro atoms. The molecule has 0 atom stereocenters. The van der Waals surface area contributed by atoms with E-state index in [1.165, 1.54) is 11.3 Å². The second kappa shape index (κ2) is 5.30. The highest BCUT2D eigenvalue weighted by molar-refractivity contribution is 7.15. The number of amides is 2. The van der Waals surface area contributed by atoms with Gasteiger partial charge in [-0.3, -0.25) is 0 Å². The van der Waals surface area contributed by atoms with Crippen LogP contribution in [-0.4, -0.2) is 23.0 Å². The maximum absolute atomic E-state index is 11.7. The van der Waals surface area contributed by atoms with Crippen LogP contribution in [0.15, 0.2) is 24.4 Å². The van der Waals surface area contributed by atoms with Crippen LogP contribution in [0.2, 0.25) is 4.47 Å². The van der Waals surface area contributed by atoms with Crippen molar-refractivity contribution in [2.24, 2.45) is 0 Å². The lowest BCUT2D eigenvalue weighted by Crippen LogP contribution is -2.35. The molecule has 0 radical (unpaired) electrons. The highest BCUT2D eigenvalue weighted by Gasteiger charge is 2.21. The number of urea groups is 1. The monoisotopic (exact) mass is 308 g/mol. The first kappa shape index (κ1) is 13.2. The zero-order valence-electron chi connectivity index (χ0n) is 10.8. The lowest BCUT2D eigenvalue weighted by atomic mass is 10.1. The Hall–Kier alpha value is -1.79. The minimum Gasteiger partial charge on any atom is -0.378 e. The van der Waals surface area contributed by atoms with Gasteiger partial charge in [0.15, 0.2) is 4.47 Å². The quantitative estimate of drug-likeness (QED) is 0.914. The average molecular weight is 309 g/mol. The minimum absolute atomic E-state index is 0.0902. The van der Waals surface area contributed by atoms with E-state index in [1.807, 2.05) is 18.2 Å². The molecule has 2 amide bonds. The van der Waals surface area contributed by atoms with E-state index < -0.39 is 0 Å². The summed E-state index contributed by atoms with van der Waals surface area (Å²) in [6.07, 6.45) is 1.75. The third-order valence-corrected chi connectivity index (χ3v) is 4.23. The van der Waals surface area contributed by atoms with Crippen molar-refractivity contribution in [1.82, 2.24) is 9.88 Å². The number of carbonyl (C=O) groups excluding carboxylic acids is 1. The number of rotatable bonds is 3. The van der Waals surface area contributed by atoms with E-state index in [2.05, 4.69) is 15.6 Å². The van der Waals surface area contributed by atoms with Crippen LogP contribution in [-0.2, 0) is 13.1 Å². The number of halogens is 1. The van der Waals surface area contributed by atoms with Gasteiger partial charge in [0.25, 0.3) is 0 Å². The highest BCUT2D eigenvalue weighted by atomic mass is 35.5. The summed E-state index contributed by atoms with van der Waals surface area (Å²) in [5.41, 5.74) is 2.86. The first-order chi connectivity index (χ1) is 9.63. The molecule has 20 heavy (non-hydrogen) atoms. The molecule has 0 aliphatic carbocycles. The van der Waals surface area contributed by atoms with Gasteiger partial charge in [-0.1, -0.05) is 23.7 Å². The fourth-order valence-corrected chi connectivity index (χ4v) is 3.02. The van der Waals surface area contributed by atoms with Gasteiger partial charge >= 0.3 is 6.03 Å². The fraction of sp³-hybridized carbons (Fsp3) is 0.231. The van der Waals surface area contributed by atoms with Gasteiger partial charge in [0.1, 0.15) is 0 Å². The molecule has 1 aromatic carbocycles. The lowest BCUT2D eigenvalue weighted by Gasteiger charge is -2.27. The Labute approximate surface area is 125 Å². The summed E-state index contributed by atoms with van der Waals surface area (Å²) in [5.74, 6) is 0. The number of anilines is 2. The molecule has 2 aromatic rings. The largest absolute Gasteiger partial charge is 0.378 e. The molecule has 0 unspecified atom stereocenters. The van der Waals surface area contributed by atoms with Gasteiger partial charge in [-0.2, -0.15) is 0 Å². The Morgan fingerprint density at radius 1 is 1.55 bits per heavy atom. The smallest absolute Gasteiger partial charge is 0.321 e. The summed E-state index contributed by atoms with van der Waals surface area (Å²) in [7, 11) is 1.78. The molecule has 2 heterocycles. The summed E-state index contributed by atoms with van der Waals surface area (Å²) in [6, 6.07) is 5.85. The molecule has 1 aliphatic rings. The Kier molecular flexibility index (Phi) is 3.50. The second-order valence-corrected chi connectivity index (χ2v) is 6.26. The van der Waals surface area contributed by atoms with Crippen molar-refractivity contribution < 1.29 is 4.79 Å². The van der Waals surface area contributed by atoms with Gasteiger partial charge in [-0.05, 0) is 11.6 Å². The van der Waals surface area contributed by atoms with Gasteiger partial charge in [0.05, 0.1) is 17.9 Å². The van der Waals surface area contributed by atoms with Gasteiger partial charge in [0.2, 0.25) is 0 Å². The van der Waals surface area contributed by atoms with E-state index in [-0.39, 0.29) is 6.03 Å². The number of hydrogen-bond donors (Lipinski definition) is 2. The van der Waals surface area contributed by atoms with Crippen LogP contribution < -0.4 is 10.6 Å². The van der Waals surface area contributed by atoms with Crippen molar-refractivity contribution in [3.63, 3.8) is 0 Å². The number of nitrogens with one attached hydrogen (secondary N) is 2. The number of nitrogens with zero attached hydrogens (tertiary/aromatic N) is 2. The van der Waals surface area contributed by atoms with Crippen molar-refractivity contribution in [1.29, 1.82) is 0 Å². The van der Waals surface area contributed by atoms with E-state index >= 15 is 0 Å². The van der Waals surface area contributed by atoms with E-state index in [9.17, 15) is 4.79 Å². The number of para-hydroxylation sites is 1. The second-order valence-electron chi connectivity index (χ2n) is 4.56. The molecule has 5 nitrogen and oxygen atoms in total. The summed E-state index contributed by atoms with van der Waals surface area (Å²) in [4.78, 5) is 18.5. The topological polar surface area (TPSA) is 57.3 Å². The van der Waals surface area contributed by atoms with E-state index in [1.54, 1.807) is 18.1 Å². The van der Waals surface area contributed by atoms with Crippen molar-refractivity contribution in [3.8, 4) is 0 Å². The first-order valence-corrected chi connectivity index (χ1v) is 7.31. The van der Waals surface area contributed by atoms with Crippen molar-refractivity contribution >= 4 is 40.3 Å². The zero-order chi connectivity index (χ0) is 14.1. The van der Waals surface area contributed by atoms with Crippen LogP contribution >= 0.6 is 22.9 Å². The Balaban J connectivity index is 1.80. The van der Waals surface area contributed by atoms with Crippen LogP contribution in [0, 0.1) is 0 Å². The van der Waals surface area contributed by atoms with Gasteiger partial charge < -0.3 is 15.5 Å². The number of fused-ring (bicyclic) bond motifs is 1. The predicted octanol–water partition coefficient (Wildman–Crippen LogP) is 3.39. The molecule has 0 saturated heterocycles. The van der Waals surface area contributed by atoms with Crippen LogP contribution in [0.1, 0.15) is 10.4 Å². The molecular formula is C13H13ClN4OS. The summed E-state index contributed by atoms with van der Waals surface area (Å²) in [6.45, 7) is 1.25. The van der Waals surface area contributed by atoms with Crippen LogP contribution in [0.25, 0.3) is 0 Å². The maximum Gasteiger partial charge on any atom is 0.321 e. The van der Waals surface area contributed by atoms with Gasteiger partial charge in [0, 0.05) is 24.7 Å². The van der Waals surface area contributed by atoms with Crippen molar-refractivity contribution in [2.45, 2.75) is 13.1 Å². The predicted molar refractivity (Wildman–Crippen MR) is 81.4 cm³/mol. The molecular weight excluding hydrogens is 296 g/mol. The van der Waals surface area contributed by atoms with Gasteiger partial charge in [-0.15, -0.1) is 11.3 Å². The van der Waals surface area contributed by atoms with Crippen LogP contribution in [0.3, 0.4) is 0 Å². The molecule has 1 aliphatic heterocycles. The maximum atomic E-state index is 11.7. The number of hydrogen-bond acceptors (Lipinski definition) is 4. The molecule has 7 heteroatoms. The third-order valence-electron chi connectivity index (χ3n) is 3.12. The average Bonchev–Trinajstić information content (AvgIpc) is 2.84. The number of carbonyl (C=O) groups is 1. The van der Waals surface area contributed by atoms with E-state index in [0.29, 0.717) is 17.6 Å². The van der Waals surface area contributed by atoms with E-state index in [4.69, 9.17) is 11.6 Å². The molecule has 104 valence electrons. The Bertz CT molecular complexity index is 658. The Morgan fingerprint density at radius 2 is 2.40 bits per heavy atom. The lowest BCUT2D eigenvalue weighted by molar-refractivity contribution is 0.218. The third kappa shape index (κ3) is 2.57. The molecule has 3 rings (SSSR count). The summed E-state index contributed by atoms with van der Waals surface area (Å²) in [5, 5.41) is 6.22. The standard InChI is InChI=1S/C13H13ClN4OS/c1-18-7-8-3-2-4-10(11(8)17-13(18)19)15-5-9-6-16-12(14)20-9/h2-4,6,15H,5,7H2,1H3,(H,17,19). The zero-order valence-corrected chi connectivity index (χ0v) is 12.4.